The third-order valence-electron chi connectivity index (χ3n) is 4.19. The molecule has 0 radical (unpaired) electrons. The Morgan fingerprint density at radius 1 is 1.12 bits per heavy atom. The summed E-state index contributed by atoms with van der Waals surface area (Å²) in [6.07, 6.45) is 6.56. The van der Waals surface area contributed by atoms with E-state index in [0.717, 1.165) is 36.7 Å². The molecule has 1 aromatic carbocycles. The van der Waals surface area contributed by atoms with E-state index in [1.807, 2.05) is 13.8 Å². The summed E-state index contributed by atoms with van der Waals surface area (Å²) in [7, 11) is 4.18. The fourth-order valence-corrected chi connectivity index (χ4v) is 3.11. The fourth-order valence-electron chi connectivity index (χ4n) is 3.11. The molecule has 0 saturated heterocycles. The van der Waals surface area contributed by atoms with E-state index in [9.17, 15) is 0 Å². The molecule has 126 valence electrons. The van der Waals surface area contributed by atoms with E-state index in [2.05, 4.69) is 71.7 Å². The van der Waals surface area contributed by atoms with Crippen LogP contribution in [0.4, 0.5) is 0 Å². The molecule has 4 nitrogen and oxygen atoms in total. The van der Waals surface area contributed by atoms with E-state index in [0.29, 0.717) is 0 Å². The van der Waals surface area contributed by atoms with Gasteiger partial charge in [0.05, 0.1) is 5.69 Å². The summed E-state index contributed by atoms with van der Waals surface area (Å²) < 4.78 is 5.30. The van der Waals surface area contributed by atoms with Crippen molar-refractivity contribution < 1.29 is 4.52 Å². The summed E-state index contributed by atoms with van der Waals surface area (Å²) in [6, 6.07) is 8.88. The van der Waals surface area contributed by atoms with Crippen molar-refractivity contribution in [1.29, 1.82) is 0 Å². The smallest absolute Gasteiger partial charge is 0.141 e. The number of benzene rings is 1. The number of allylic oxidation sites excluding steroid dienone is 2. The normalized spacial score (nSPS) is 14.4. The predicted molar refractivity (Wildman–Crippen MR) is 97.3 cm³/mol. The van der Waals surface area contributed by atoms with E-state index in [1.165, 1.54) is 16.7 Å². The lowest BCUT2D eigenvalue weighted by atomic mass is 10.0. The van der Waals surface area contributed by atoms with Crippen LogP contribution in [0.5, 0.6) is 0 Å². The van der Waals surface area contributed by atoms with E-state index in [1.54, 1.807) is 0 Å². The van der Waals surface area contributed by atoms with Crippen molar-refractivity contribution in [3.05, 3.63) is 70.8 Å². The zero-order valence-corrected chi connectivity index (χ0v) is 14.9. The lowest BCUT2D eigenvalue weighted by Crippen LogP contribution is -2.19. The van der Waals surface area contributed by atoms with Crippen molar-refractivity contribution in [3.63, 3.8) is 0 Å². The number of aromatic nitrogens is 1. The Balaban J connectivity index is 1.73. The van der Waals surface area contributed by atoms with Crippen LogP contribution in [0, 0.1) is 13.8 Å². The Labute approximate surface area is 144 Å². The molecule has 3 rings (SSSR count). The molecule has 0 bridgehead atoms. The van der Waals surface area contributed by atoms with Crippen molar-refractivity contribution in [1.82, 2.24) is 15.0 Å². The van der Waals surface area contributed by atoms with Gasteiger partial charge in [-0.3, -0.25) is 0 Å². The van der Waals surface area contributed by atoms with Crippen LogP contribution in [0.1, 0.15) is 28.1 Å². The summed E-state index contributed by atoms with van der Waals surface area (Å²) in [4.78, 5) is 4.51. The first-order chi connectivity index (χ1) is 11.5. The molecule has 24 heavy (non-hydrogen) atoms. The van der Waals surface area contributed by atoms with E-state index >= 15 is 0 Å². The van der Waals surface area contributed by atoms with Crippen LogP contribution in [0.15, 0.2) is 47.1 Å². The number of hydrogen-bond donors (Lipinski definition) is 0. The van der Waals surface area contributed by atoms with Gasteiger partial charge in [-0.25, -0.2) is 0 Å². The van der Waals surface area contributed by atoms with Crippen LogP contribution in [-0.4, -0.2) is 35.6 Å². The van der Waals surface area contributed by atoms with Crippen molar-refractivity contribution in [2.45, 2.75) is 26.9 Å². The predicted octanol–water partition coefficient (Wildman–Crippen LogP) is 3.77. The Bertz CT molecular complexity index is 734. The third kappa shape index (κ3) is 3.77. The minimum atomic E-state index is 0.873. The van der Waals surface area contributed by atoms with Crippen LogP contribution >= 0.6 is 0 Å². The third-order valence-corrected chi connectivity index (χ3v) is 4.19. The summed E-state index contributed by atoms with van der Waals surface area (Å²) in [5.74, 6) is 0.873. The van der Waals surface area contributed by atoms with Crippen LogP contribution < -0.4 is 0 Å². The van der Waals surface area contributed by atoms with Gasteiger partial charge < -0.3 is 14.3 Å². The lowest BCUT2D eigenvalue weighted by molar-refractivity contribution is 0.392. The number of hydrogen-bond acceptors (Lipinski definition) is 4. The maximum absolute atomic E-state index is 5.30. The average molecular weight is 323 g/mol. The van der Waals surface area contributed by atoms with Crippen LogP contribution in [0.3, 0.4) is 0 Å². The quantitative estimate of drug-likeness (QED) is 0.838. The van der Waals surface area contributed by atoms with Gasteiger partial charge in [-0.05, 0) is 39.1 Å². The zero-order chi connectivity index (χ0) is 17.1. The van der Waals surface area contributed by atoms with Crippen molar-refractivity contribution >= 4 is 5.57 Å². The zero-order valence-electron chi connectivity index (χ0n) is 14.9. The highest BCUT2D eigenvalue weighted by molar-refractivity contribution is 5.76. The van der Waals surface area contributed by atoms with Gasteiger partial charge in [-0.2, -0.15) is 0 Å². The van der Waals surface area contributed by atoms with Gasteiger partial charge in [0.1, 0.15) is 5.76 Å². The summed E-state index contributed by atoms with van der Waals surface area (Å²) in [6.45, 7) is 6.75. The number of rotatable bonds is 5. The molecule has 4 heteroatoms. The van der Waals surface area contributed by atoms with Crippen molar-refractivity contribution in [2.75, 3.05) is 20.6 Å². The molecule has 0 fully saturated rings. The second-order valence-electron chi connectivity index (χ2n) is 6.67. The molecule has 0 N–H and O–H groups in total. The highest BCUT2D eigenvalue weighted by Gasteiger charge is 2.15. The van der Waals surface area contributed by atoms with Crippen LogP contribution in [-0.2, 0) is 13.1 Å². The Kier molecular flexibility index (Phi) is 4.86. The molecular weight excluding hydrogens is 298 g/mol. The Hall–Kier alpha value is -2.33. The summed E-state index contributed by atoms with van der Waals surface area (Å²) in [5, 5.41) is 4.06. The van der Waals surface area contributed by atoms with E-state index in [-0.39, 0.29) is 0 Å². The van der Waals surface area contributed by atoms with Gasteiger partial charge in [-0.1, -0.05) is 41.6 Å². The van der Waals surface area contributed by atoms with Crippen molar-refractivity contribution in [2.24, 2.45) is 0 Å². The Morgan fingerprint density at radius 2 is 1.83 bits per heavy atom. The minimum Gasteiger partial charge on any atom is -0.369 e. The van der Waals surface area contributed by atoms with Gasteiger partial charge in [-0.15, -0.1) is 0 Å². The molecule has 0 spiro atoms. The number of nitrogens with zero attached hydrogens (tertiary/aromatic N) is 3. The molecule has 0 amide bonds. The molecule has 1 aromatic heterocycles. The van der Waals surface area contributed by atoms with Crippen LogP contribution in [0.2, 0.25) is 0 Å². The van der Waals surface area contributed by atoms with Gasteiger partial charge >= 0.3 is 0 Å². The SMILES string of the molecule is Cc1noc(C)c1C1=CN(Cc2ccc(CN(C)C)cc2)CC=C1. The second kappa shape index (κ2) is 7.05. The maximum atomic E-state index is 5.30. The first kappa shape index (κ1) is 16.5. The standard InChI is InChI=1S/C20H25N3O/c1-15-20(16(2)24-21-15)19-6-5-11-23(14-19)13-18-9-7-17(8-10-18)12-22(3)4/h5-10,14H,11-13H2,1-4H3. The molecule has 0 aliphatic carbocycles. The summed E-state index contributed by atoms with van der Waals surface area (Å²) in [5.41, 5.74) is 5.88. The molecule has 0 atom stereocenters. The molecule has 1 aliphatic heterocycles. The van der Waals surface area contributed by atoms with Crippen LogP contribution in [0.25, 0.3) is 5.57 Å². The maximum Gasteiger partial charge on any atom is 0.141 e. The molecule has 1 aliphatic rings. The monoisotopic (exact) mass is 323 g/mol. The first-order valence-corrected chi connectivity index (χ1v) is 8.31. The molecular formula is C20H25N3O. The molecule has 0 saturated carbocycles. The average Bonchev–Trinajstić information content (AvgIpc) is 2.88. The lowest BCUT2D eigenvalue weighted by Gasteiger charge is -2.23. The first-order valence-electron chi connectivity index (χ1n) is 8.31. The van der Waals surface area contributed by atoms with Gasteiger partial charge in [0.25, 0.3) is 0 Å². The largest absolute Gasteiger partial charge is 0.369 e. The van der Waals surface area contributed by atoms with Gasteiger partial charge in [0.2, 0.25) is 0 Å². The number of aryl methyl sites for hydroxylation is 2. The topological polar surface area (TPSA) is 32.5 Å². The molecule has 2 aromatic rings. The van der Waals surface area contributed by atoms with Gasteiger partial charge in [0, 0.05) is 37.0 Å². The highest BCUT2D eigenvalue weighted by atomic mass is 16.5. The van der Waals surface area contributed by atoms with E-state index in [4.69, 9.17) is 4.52 Å². The fraction of sp³-hybridized carbons (Fsp3) is 0.350. The van der Waals surface area contributed by atoms with Crippen molar-refractivity contribution in [3.8, 4) is 0 Å². The Morgan fingerprint density at radius 3 is 2.46 bits per heavy atom. The highest BCUT2D eigenvalue weighted by Crippen LogP contribution is 2.26. The van der Waals surface area contributed by atoms with Gasteiger partial charge in [0.15, 0.2) is 0 Å². The molecule has 2 heterocycles. The molecule has 0 unspecified atom stereocenters. The second-order valence-corrected chi connectivity index (χ2v) is 6.67. The minimum absolute atomic E-state index is 0.873. The summed E-state index contributed by atoms with van der Waals surface area (Å²) >= 11 is 0. The van der Waals surface area contributed by atoms with E-state index < -0.39 is 0 Å².